The van der Waals surface area contributed by atoms with Crippen LogP contribution in [0.15, 0.2) is 16.8 Å². The van der Waals surface area contributed by atoms with Crippen molar-refractivity contribution in [1.82, 2.24) is 9.80 Å². The molecule has 24 heavy (non-hydrogen) atoms. The Morgan fingerprint density at radius 2 is 2.29 bits per heavy atom. The van der Waals surface area contributed by atoms with Gasteiger partial charge >= 0.3 is 5.97 Å². The number of rotatable bonds is 5. The lowest BCUT2D eigenvalue weighted by molar-refractivity contribution is -0.151. The molecule has 0 aromatic carbocycles. The predicted molar refractivity (Wildman–Crippen MR) is 91.3 cm³/mol. The van der Waals surface area contributed by atoms with Crippen LogP contribution in [0.1, 0.15) is 23.2 Å². The van der Waals surface area contributed by atoms with Gasteiger partial charge in [0.15, 0.2) is 0 Å². The highest BCUT2D eigenvalue weighted by Gasteiger charge is 2.53. The number of thiophene rings is 1. The summed E-state index contributed by atoms with van der Waals surface area (Å²) >= 11 is 1.51. The number of methoxy groups -OCH3 is 1. The van der Waals surface area contributed by atoms with Crippen LogP contribution in [0.5, 0.6) is 0 Å². The van der Waals surface area contributed by atoms with Gasteiger partial charge in [-0.2, -0.15) is 11.3 Å². The van der Waals surface area contributed by atoms with Crippen molar-refractivity contribution in [3.05, 3.63) is 22.4 Å². The lowest BCUT2D eigenvalue weighted by Gasteiger charge is -2.29. The van der Waals surface area contributed by atoms with E-state index >= 15 is 0 Å². The summed E-state index contributed by atoms with van der Waals surface area (Å²) in [6.45, 7) is 3.75. The van der Waals surface area contributed by atoms with E-state index in [9.17, 15) is 14.7 Å². The van der Waals surface area contributed by atoms with Gasteiger partial charge in [-0.1, -0.05) is 0 Å². The maximum atomic E-state index is 12.7. The van der Waals surface area contributed by atoms with E-state index < -0.39 is 11.4 Å². The van der Waals surface area contributed by atoms with E-state index in [0.29, 0.717) is 44.8 Å². The number of hydrogen-bond donors (Lipinski definition) is 1. The highest BCUT2D eigenvalue weighted by atomic mass is 32.1. The second-order valence-corrected chi connectivity index (χ2v) is 7.53. The second kappa shape index (κ2) is 7.21. The monoisotopic (exact) mass is 352 g/mol. The van der Waals surface area contributed by atoms with Crippen molar-refractivity contribution in [3.63, 3.8) is 0 Å². The molecule has 0 aliphatic carbocycles. The molecular weight excluding hydrogens is 328 g/mol. The zero-order valence-corrected chi connectivity index (χ0v) is 14.8. The van der Waals surface area contributed by atoms with Gasteiger partial charge in [0.05, 0.1) is 17.6 Å². The molecule has 2 aliphatic heterocycles. The quantitative estimate of drug-likeness (QED) is 0.872. The Labute approximate surface area is 146 Å². The summed E-state index contributed by atoms with van der Waals surface area (Å²) in [7, 11) is 1.66. The van der Waals surface area contributed by atoms with Crippen molar-refractivity contribution in [1.29, 1.82) is 0 Å². The smallest absolute Gasteiger partial charge is 0.311 e. The Morgan fingerprint density at radius 3 is 2.96 bits per heavy atom. The summed E-state index contributed by atoms with van der Waals surface area (Å²) < 4.78 is 5.13. The number of carbonyl (C=O) groups excluding carboxylic acids is 1. The molecule has 1 N–H and O–H groups in total. The van der Waals surface area contributed by atoms with E-state index in [-0.39, 0.29) is 11.8 Å². The minimum Gasteiger partial charge on any atom is -0.481 e. The lowest BCUT2D eigenvalue weighted by atomic mass is 9.75. The zero-order valence-electron chi connectivity index (χ0n) is 13.9. The van der Waals surface area contributed by atoms with Crippen molar-refractivity contribution in [2.75, 3.05) is 46.4 Å². The Bertz CT molecular complexity index is 591. The van der Waals surface area contributed by atoms with E-state index in [1.807, 2.05) is 21.7 Å². The van der Waals surface area contributed by atoms with Crippen molar-refractivity contribution >= 4 is 23.2 Å². The van der Waals surface area contributed by atoms with Crippen LogP contribution in [-0.2, 0) is 9.53 Å². The van der Waals surface area contributed by atoms with E-state index in [0.717, 1.165) is 13.0 Å². The summed E-state index contributed by atoms with van der Waals surface area (Å²) in [4.78, 5) is 28.8. The third kappa shape index (κ3) is 3.20. The molecule has 2 fully saturated rings. The van der Waals surface area contributed by atoms with Crippen molar-refractivity contribution < 1.29 is 19.4 Å². The SMILES string of the molecule is COCCN1C[C@H]2CN(C(=O)c3ccsc3)CCC[C@@]2(C(=O)O)C1. The molecule has 1 amide bonds. The minimum atomic E-state index is -0.739. The number of carbonyl (C=O) groups is 2. The zero-order chi connectivity index (χ0) is 17.2. The molecule has 132 valence electrons. The van der Waals surface area contributed by atoms with Gasteiger partial charge in [-0.3, -0.25) is 14.5 Å². The number of aliphatic carboxylic acids is 1. The average Bonchev–Trinajstić information content (AvgIpc) is 3.17. The molecule has 0 unspecified atom stereocenters. The van der Waals surface area contributed by atoms with Crippen LogP contribution in [0.25, 0.3) is 0 Å². The van der Waals surface area contributed by atoms with Crippen LogP contribution in [-0.4, -0.2) is 73.2 Å². The largest absolute Gasteiger partial charge is 0.481 e. The van der Waals surface area contributed by atoms with Gasteiger partial charge in [0, 0.05) is 51.1 Å². The molecule has 1 aromatic rings. The summed E-state index contributed by atoms with van der Waals surface area (Å²) in [6.07, 6.45) is 1.36. The first kappa shape index (κ1) is 17.4. The first-order valence-electron chi connectivity index (χ1n) is 8.33. The summed E-state index contributed by atoms with van der Waals surface area (Å²) in [5.41, 5.74) is -0.0331. The average molecular weight is 352 g/mol. The Kier molecular flexibility index (Phi) is 5.22. The van der Waals surface area contributed by atoms with Gasteiger partial charge in [0.1, 0.15) is 0 Å². The summed E-state index contributed by atoms with van der Waals surface area (Å²) in [5.74, 6) is -0.734. The third-order valence-corrected chi connectivity index (χ3v) is 6.03. The Hall–Kier alpha value is -1.44. The van der Waals surface area contributed by atoms with Crippen molar-refractivity contribution in [2.45, 2.75) is 12.8 Å². The molecule has 0 bridgehead atoms. The number of fused-ring (bicyclic) bond motifs is 1. The molecular formula is C17H24N2O4S. The fourth-order valence-electron chi connectivity index (χ4n) is 4.03. The van der Waals surface area contributed by atoms with Crippen LogP contribution in [0.3, 0.4) is 0 Å². The molecule has 1 aromatic heterocycles. The van der Waals surface area contributed by atoms with E-state index in [1.54, 1.807) is 7.11 Å². The molecule has 2 saturated heterocycles. The van der Waals surface area contributed by atoms with Gasteiger partial charge in [-0.15, -0.1) is 0 Å². The fraction of sp³-hybridized carbons (Fsp3) is 0.647. The molecule has 6 nitrogen and oxygen atoms in total. The molecule has 0 spiro atoms. The summed E-state index contributed by atoms with van der Waals surface area (Å²) in [5, 5.41) is 13.7. The number of carboxylic acid groups (broad SMARTS) is 1. The van der Waals surface area contributed by atoms with Crippen LogP contribution in [0.2, 0.25) is 0 Å². The predicted octanol–water partition coefficient (Wildman–Crippen LogP) is 1.63. The van der Waals surface area contributed by atoms with Crippen LogP contribution >= 0.6 is 11.3 Å². The molecule has 7 heteroatoms. The molecule has 3 heterocycles. The topological polar surface area (TPSA) is 70.1 Å². The molecule has 0 saturated carbocycles. The van der Waals surface area contributed by atoms with Gasteiger partial charge in [0.2, 0.25) is 0 Å². The summed E-state index contributed by atoms with van der Waals surface area (Å²) in [6, 6.07) is 1.84. The Balaban J connectivity index is 1.78. The third-order valence-electron chi connectivity index (χ3n) is 5.35. The van der Waals surface area contributed by atoms with Crippen LogP contribution in [0, 0.1) is 11.3 Å². The van der Waals surface area contributed by atoms with Crippen LogP contribution in [0.4, 0.5) is 0 Å². The standard InChI is InChI=1S/C17H24N2O4S/c1-23-7-6-18-9-14-10-19(15(20)13-3-8-24-11-13)5-2-4-17(14,12-18)16(21)22/h3,8,11,14H,2,4-7,9-10,12H2,1H3,(H,21,22)/t14-,17+/m0/s1. The maximum absolute atomic E-state index is 12.7. The van der Waals surface area contributed by atoms with E-state index in [1.165, 1.54) is 11.3 Å². The van der Waals surface area contributed by atoms with Crippen molar-refractivity contribution in [3.8, 4) is 0 Å². The lowest BCUT2D eigenvalue weighted by Crippen LogP contribution is -2.42. The Morgan fingerprint density at radius 1 is 1.46 bits per heavy atom. The first-order chi connectivity index (χ1) is 11.6. The van der Waals surface area contributed by atoms with E-state index in [2.05, 4.69) is 4.90 Å². The van der Waals surface area contributed by atoms with Crippen molar-refractivity contribution in [2.24, 2.45) is 11.3 Å². The number of carboxylic acids is 1. The first-order valence-corrected chi connectivity index (χ1v) is 9.27. The van der Waals surface area contributed by atoms with Gasteiger partial charge in [0.25, 0.3) is 5.91 Å². The number of hydrogen-bond acceptors (Lipinski definition) is 5. The van der Waals surface area contributed by atoms with Gasteiger partial charge < -0.3 is 14.7 Å². The fourth-order valence-corrected chi connectivity index (χ4v) is 4.66. The molecule has 2 atom stereocenters. The number of ether oxygens (including phenoxy) is 1. The highest BCUT2D eigenvalue weighted by molar-refractivity contribution is 7.08. The van der Waals surface area contributed by atoms with Crippen LogP contribution < -0.4 is 0 Å². The molecule has 2 aliphatic rings. The maximum Gasteiger partial charge on any atom is 0.311 e. The van der Waals surface area contributed by atoms with E-state index in [4.69, 9.17) is 4.74 Å². The highest BCUT2D eigenvalue weighted by Crippen LogP contribution is 2.43. The molecule has 3 rings (SSSR count). The number of nitrogens with zero attached hydrogens (tertiary/aromatic N) is 2. The molecule has 0 radical (unpaired) electrons. The van der Waals surface area contributed by atoms with Gasteiger partial charge in [-0.25, -0.2) is 0 Å². The minimum absolute atomic E-state index is 0.0211. The second-order valence-electron chi connectivity index (χ2n) is 6.75. The number of likely N-dealkylation sites (tertiary alicyclic amines) is 2. The normalized spacial score (nSPS) is 27.7. The van der Waals surface area contributed by atoms with Gasteiger partial charge in [-0.05, 0) is 24.3 Å². The number of amides is 1.